The van der Waals surface area contributed by atoms with Crippen LogP contribution in [0, 0.1) is 46.3 Å². The van der Waals surface area contributed by atoms with Gasteiger partial charge in [0.15, 0.2) is 0 Å². The average molecular weight is 1530 g/mol. The van der Waals surface area contributed by atoms with Crippen LogP contribution in [0.15, 0.2) is 70.9 Å². The molecule has 12 rings (SSSR count). The van der Waals surface area contributed by atoms with Crippen LogP contribution in [0.2, 0.25) is 10.0 Å². The Morgan fingerprint density at radius 3 is 1.42 bits per heavy atom. The maximum absolute atomic E-state index is 13.1. The molecule has 0 bridgehead atoms. The van der Waals surface area contributed by atoms with Crippen molar-refractivity contribution in [1.29, 1.82) is 10.5 Å². The van der Waals surface area contributed by atoms with Crippen LogP contribution in [0.3, 0.4) is 0 Å². The summed E-state index contributed by atoms with van der Waals surface area (Å²) in [4.78, 5) is 35.4. The van der Waals surface area contributed by atoms with Gasteiger partial charge in [0.1, 0.15) is 23.5 Å². The second kappa shape index (κ2) is 28.1. The van der Waals surface area contributed by atoms with E-state index in [1.165, 1.54) is 70.6 Å². The molecule has 8 aliphatic rings. The van der Waals surface area contributed by atoms with Crippen molar-refractivity contribution >= 4 is 119 Å². The van der Waals surface area contributed by atoms with Crippen molar-refractivity contribution in [2.24, 2.45) is 33.9 Å². The number of nitriles is 2. The number of piperidine rings is 1. The quantitative estimate of drug-likeness (QED) is 0.155. The number of hydrogen-bond acceptors (Lipinski definition) is 12. The van der Waals surface area contributed by atoms with E-state index in [0.29, 0.717) is 83.8 Å². The van der Waals surface area contributed by atoms with Crippen molar-refractivity contribution in [2.45, 2.75) is 146 Å². The second-order valence-electron chi connectivity index (χ2n) is 21.1. The van der Waals surface area contributed by atoms with Gasteiger partial charge in [-0.25, -0.2) is 14.8 Å². The first-order valence-electron chi connectivity index (χ1n) is 26.8. The maximum atomic E-state index is 13.1. The Labute approximate surface area is 508 Å². The summed E-state index contributed by atoms with van der Waals surface area (Å²) in [5.74, 6) is 0.646. The molecule has 1 saturated heterocycles. The van der Waals surface area contributed by atoms with Crippen molar-refractivity contribution < 1.29 is 38.2 Å². The van der Waals surface area contributed by atoms with Gasteiger partial charge < -0.3 is 20.2 Å². The molecule has 4 aromatic rings. The van der Waals surface area contributed by atoms with Crippen LogP contribution in [-0.2, 0) is 12.8 Å². The summed E-state index contributed by atoms with van der Waals surface area (Å²) in [5.41, 5.74) is 9.12. The molecule has 4 atom stereocenters. The number of anilines is 2. The van der Waals surface area contributed by atoms with Gasteiger partial charge in [-0.1, -0.05) is 68.1 Å². The van der Waals surface area contributed by atoms with Crippen LogP contribution >= 0.6 is 84.4 Å². The molecule has 0 unspecified atom stereocenters. The molecule has 4 fully saturated rings. The number of benzene rings is 2. The third-order valence-corrected chi connectivity index (χ3v) is 17.2. The van der Waals surface area contributed by atoms with Crippen molar-refractivity contribution in [3.8, 4) is 12.1 Å². The summed E-state index contributed by atoms with van der Waals surface area (Å²) >= 11 is 18.0. The maximum Gasteiger partial charge on any atom is 0.354 e. The number of rotatable bonds is 6. The monoisotopic (exact) mass is 1530 g/mol. The van der Waals surface area contributed by atoms with E-state index in [-0.39, 0.29) is 65.8 Å². The van der Waals surface area contributed by atoms with Crippen LogP contribution < -0.4 is 23.3 Å². The fourth-order valence-corrected chi connectivity index (χ4v) is 13.3. The van der Waals surface area contributed by atoms with Gasteiger partial charge in [-0.05, 0) is 150 Å². The van der Waals surface area contributed by atoms with Crippen LogP contribution in [-0.4, -0.2) is 90.9 Å². The first-order valence-corrected chi connectivity index (χ1v) is 40.1. The zero-order valence-corrected chi connectivity index (χ0v) is 53.0. The van der Waals surface area contributed by atoms with Gasteiger partial charge in [0.25, 0.3) is 5.91 Å². The molecule has 3 aliphatic heterocycles. The molecule has 77 heavy (non-hydrogen) atoms. The average Bonchev–Trinajstić information content (AvgIpc) is 4.32. The van der Waals surface area contributed by atoms with Crippen molar-refractivity contribution in [2.75, 3.05) is 23.1 Å². The van der Waals surface area contributed by atoms with Crippen LogP contribution in [0.5, 0.6) is 0 Å². The fraction of sp³-hybridized carbons (Fsp3) is 0.509. The predicted octanol–water partition coefficient (Wildman–Crippen LogP) is 9.90. The number of hydrazone groups is 2. The fourth-order valence-electron chi connectivity index (χ4n) is 12.9. The number of nitrogens with zero attached hydrogens (tertiary/aromatic N) is 9. The standard InChI is InChI=1S/C28H30ClN5O2.C23H21ClN4O2.C6H12O.I3.HI/c29-23-15-19(6-5-18(23)16-30)34-27(17-3-1-2-4-17)22-8-9-24-21(26(22)32-34)7-10-25(31-24)28(36)33-13-11-20(35)12-14-33;24-18-11-15(6-5-14(18)12-25)28-22(13-3-1-2-4-13)17-8-9-19-16(21(17)27-28)7-10-20(26-19)23(29)30;7-6-4-2-1-3-5-6;1-3-2;/h5-7,10,15,17,20,22,27,35H,1-4,8-9,11-14H2;5-7,10-11,13,17,22H,1-4,8-9H2,(H,29,30);6-7H,1-5H2;;1H/q;;;-1;/t22-,27-;17-,22-;;;/m00.../s1. The number of aliphatic hydroxyl groups is 2. The summed E-state index contributed by atoms with van der Waals surface area (Å²) in [5, 5.41) is 61.8. The van der Waals surface area contributed by atoms with Crippen LogP contribution in [0.4, 0.5) is 11.4 Å². The minimum absolute atomic E-state index is 0. The van der Waals surface area contributed by atoms with Gasteiger partial charge >= 0.3 is 56.5 Å². The van der Waals surface area contributed by atoms with Gasteiger partial charge in [0, 0.05) is 36.1 Å². The van der Waals surface area contributed by atoms with E-state index in [9.17, 15) is 30.3 Å². The van der Waals surface area contributed by atoms with Gasteiger partial charge in [-0.3, -0.25) is 14.8 Å². The molecule has 0 spiro atoms. The summed E-state index contributed by atoms with van der Waals surface area (Å²) in [6.45, 7) is 1.14. The molecule has 2 aromatic heterocycles. The molecule has 5 aliphatic carbocycles. The molecule has 14 nitrogen and oxygen atoms in total. The molecule has 1 amide bonds. The number of carbonyl (C=O) groups is 2. The van der Waals surface area contributed by atoms with Crippen molar-refractivity contribution in [3.05, 3.63) is 116 Å². The zero-order valence-electron chi connectivity index (χ0n) is 42.7. The Kier molecular flexibility index (Phi) is 22.0. The van der Waals surface area contributed by atoms with E-state index in [2.05, 4.69) is 64.4 Å². The van der Waals surface area contributed by atoms with E-state index in [1.54, 1.807) is 23.1 Å². The number of pyridine rings is 2. The predicted molar refractivity (Wildman–Crippen MR) is 325 cm³/mol. The van der Waals surface area contributed by atoms with Gasteiger partial charge in [0.2, 0.25) is 0 Å². The zero-order chi connectivity index (χ0) is 53.5. The van der Waals surface area contributed by atoms with E-state index in [1.807, 2.05) is 42.5 Å². The Hall–Kier alpha value is -2.98. The Morgan fingerprint density at radius 1 is 0.597 bits per heavy atom. The molecule has 2 aromatic carbocycles. The summed E-state index contributed by atoms with van der Waals surface area (Å²) in [7, 11) is 0. The number of aromatic carboxylic acids is 1. The number of fused-ring (bicyclic) bond motifs is 6. The number of carboxylic acids is 1. The number of halogens is 6. The summed E-state index contributed by atoms with van der Waals surface area (Å²) in [6.07, 6.45) is 20.0. The number of aromatic nitrogens is 2. The van der Waals surface area contributed by atoms with Crippen molar-refractivity contribution in [3.63, 3.8) is 0 Å². The van der Waals surface area contributed by atoms with Gasteiger partial charge in [-0.15, -0.1) is 24.0 Å². The van der Waals surface area contributed by atoms with Gasteiger partial charge in [0.05, 0.1) is 79.6 Å². The SMILES string of the molecule is I.I[I-]I.N#Cc1ccc(N2N=C3c4ccc(C(=O)N5CCC(O)CC5)nc4CC[C@@H]3[C@@H]2C2CCCC2)cc1Cl.N#Cc1ccc(N2N=C3c4ccc(C(=O)O)nc4CC[C@@H]3[C@@H]2C2CCCC2)cc1Cl.OC1CCCCC1. The molecule has 3 N–H and O–H groups in total. The number of likely N-dealkylation sites (tertiary alicyclic amines) is 1. The van der Waals surface area contributed by atoms with E-state index in [0.717, 1.165) is 83.8 Å². The molecule has 5 heterocycles. The molecular weight excluding hydrogens is 1470 g/mol. The number of amides is 1. The second-order valence-corrected chi connectivity index (χ2v) is 38.2. The Bertz CT molecular complexity index is 2910. The van der Waals surface area contributed by atoms with Crippen LogP contribution in [0.25, 0.3) is 0 Å². The number of hydrogen-bond donors (Lipinski definition) is 3. The third-order valence-electron chi connectivity index (χ3n) is 16.6. The number of carboxylic acid groups (broad SMARTS) is 1. The summed E-state index contributed by atoms with van der Waals surface area (Å²) < 4.78 is 0. The van der Waals surface area contributed by atoms with E-state index < -0.39 is 5.97 Å². The van der Waals surface area contributed by atoms with Gasteiger partial charge in [-0.2, -0.15) is 20.7 Å². The molecular formula is C57H64Cl2I4N9O5-. The molecule has 20 heteroatoms. The largest absolute Gasteiger partial charge is 0.477 e. The minimum atomic E-state index is -1.01. The first-order chi connectivity index (χ1) is 36.9. The first kappa shape index (κ1) is 60.1. The Morgan fingerprint density at radius 2 is 1.01 bits per heavy atom. The molecule has 0 radical (unpaired) electrons. The minimum Gasteiger partial charge on any atom is -0.477 e. The third kappa shape index (κ3) is 13.9. The number of carbonyl (C=O) groups excluding carboxylic acids is 1. The smallest absolute Gasteiger partial charge is 0.354 e. The molecule has 3 saturated carbocycles. The van der Waals surface area contributed by atoms with E-state index in [4.69, 9.17) is 43.5 Å². The topological polar surface area (TPSA) is 203 Å². The van der Waals surface area contributed by atoms with Crippen LogP contribution in [0.1, 0.15) is 164 Å². The molecule has 410 valence electrons. The summed E-state index contributed by atoms with van der Waals surface area (Å²) in [6, 6.07) is 23.1. The van der Waals surface area contributed by atoms with E-state index >= 15 is 0 Å². The Balaban J connectivity index is 0.000000173. The number of aryl methyl sites for hydroxylation is 2. The normalized spacial score (nSPS) is 22.9. The number of aliphatic hydroxyl groups excluding tert-OH is 2. The van der Waals surface area contributed by atoms with Crippen molar-refractivity contribution in [1.82, 2.24) is 14.9 Å².